The van der Waals surface area contributed by atoms with Gasteiger partial charge in [-0.2, -0.15) is 5.10 Å². The third-order valence-electron chi connectivity index (χ3n) is 5.69. The lowest BCUT2D eigenvalue weighted by Crippen LogP contribution is -2.44. The molecular formula is C20H22N4O. The lowest BCUT2D eigenvalue weighted by molar-refractivity contribution is 0.0643. The molecule has 2 aliphatic carbocycles. The number of carbonyl (C=O) groups excluding carboxylic acids is 1. The Morgan fingerprint density at radius 3 is 2.96 bits per heavy atom. The van der Waals surface area contributed by atoms with Crippen LogP contribution in [0.5, 0.6) is 0 Å². The Hall–Kier alpha value is -2.56. The molecule has 2 aromatic heterocycles. The summed E-state index contributed by atoms with van der Waals surface area (Å²) in [7, 11) is 2.03. The summed E-state index contributed by atoms with van der Waals surface area (Å²) in [6.07, 6.45) is 9.15. The fourth-order valence-electron chi connectivity index (χ4n) is 4.18. The number of hydrogen-bond acceptors (Lipinski definition) is 2. The molecule has 1 N–H and O–H groups in total. The zero-order valence-corrected chi connectivity index (χ0v) is 14.4. The monoisotopic (exact) mass is 334 g/mol. The van der Waals surface area contributed by atoms with Gasteiger partial charge >= 0.3 is 0 Å². The van der Waals surface area contributed by atoms with E-state index in [0.29, 0.717) is 6.04 Å². The largest absolute Gasteiger partial charge is 0.351 e. The quantitative estimate of drug-likeness (QED) is 0.800. The van der Waals surface area contributed by atoms with Gasteiger partial charge in [0.05, 0.1) is 6.20 Å². The Labute approximate surface area is 146 Å². The number of rotatable bonds is 3. The molecule has 3 aromatic rings. The van der Waals surface area contributed by atoms with Crippen molar-refractivity contribution in [2.24, 2.45) is 7.05 Å². The number of aromatic nitrogens is 3. The van der Waals surface area contributed by atoms with E-state index >= 15 is 0 Å². The summed E-state index contributed by atoms with van der Waals surface area (Å²) in [5, 5.41) is 8.39. The van der Waals surface area contributed by atoms with E-state index in [2.05, 4.69) is 31.8 Å². The summed E-state index contributed by atoms with van der Waals surface area (Å²) in [4.78, 5) is 15.5. The molecule has 5 nitrogen and oxygen atoms in total. The van der Waals surface area contributed by atoms with E-state index in [1.807, 2.05) is 31.6 Å². The van der Waals surface area contributed by atoms with Crippen molar-refractivity contribution in [1.82, 2.24) is 19.7 Å². The van der Waals surface area contributed by atoms with E-state index in [4.69, 9.17) is 0 Å². The predicted molar refractivity (Wildman–Crippen MR) is 96.5 cm³/mol. The molecule has 0 spiro atoms. The standard InChI is InChI=1S/C20H22N4O/c1-23-9-8-13-10-14(2-7-19(13)23)20(25)24(16-3-4-16)17-5-6-18-15(11-17)12-21-22-18/h2,7-10,12,16-17H,3-6,11H2,1H3,(H,21,22). The minimum absolute atomic E-state index is 0.185. The van der Waals surface area contributed by atoms with E-state index in [0.717, 1.165) is 48.6 Å². The highest BCUT2D eigenvalue weighted by Gasteiger charge is 2.39. The number of nitrogens with zero attached hydrogens (tertiary/aromatic N) is 3. The van der Waals surface area contributed by atoms with Crippen molar-refractivity contribution < 1.29 is 4.79 Å². The van der Waals surface area contributed by atoms with Gasteiger partial charge in [-0.3, -0.25) is 9.89 Å². The van der Waals surface area contributed by atoms with Crippen LogP contribution in [-0.2, 0) is 19.9 Å². The molecule has 0 aliphatic heterocycles. The highest BCUT2D eigenvalue weighted by Crippen LogP contribution is 2.34. The number of amides is 1. The Bertz CT molecular complexity index is 950. The molecular weight excluding hydrogens is 312 g/mol. The fourth-order valence-corrected chi connectivity index (χ4v) is 4.18. The van der Waals surface area contributed by atoms with Crippen LogP contribution in [0.1, 0.15) is 40.9 Å². The van der Waals surface area contributed by atoms with Crippen molar-refractivity contribution >= 4 is 16.8 Å². The van der Waals surface area contributed by atoms with Gasteiger partial charge in [0, 0.05) is 47.5 Å². The minimum atomic E-state index is 0.185. The molecule has 25 heavy (non-hydrogen) atoms. The summed E-state index contributed by atoms with van der Waals surface area (Å²) >= 11 is 0. The Kier molecular flexibility index (Phi) is 3.23. The number of H-pyrrole nitrogens is 1. The molecule has 1 fully saturated rings. The van der Waals surface area contributed by atoms with E-state index in [1.54, 1.807) is 0 Å². The molecule has 128 valence electrons. The molecule has 1 unspecified atom stereocenters. The van der Waals surface area contributed by atoms with Crippen molar-refractivity contribution in [3.63, 3.8) is 0 Å². The first kappa shape index (κ1) is 14.8. The van der Waals surface area contributed by atoms with Crippen LogP contribution in [0, 0.1) is 0 Å². The SMILES string of the molecule is Cn1ccc2cc(C(=O)N(C3CC3)C3CCc4[nH]ncc4C3)ccc21. The number of nitrogens with one attached hydrogen (secondary N) is 1. The van der Waals surface area contributed by atoms with Gasteiger partial charge in [0.2, 0.25) is 0 Å². The highest BCUT2D eigenvalue weighted by atomic mass is 16.2. The van der Waals surface area contributed by atoms with Crippen molar-refractivity contribution in [3.8, 4) is 0 Å². The average molecular weight is 334 g/mol. The summed E-state index contributed by atoms with van der Waals surface area (Å²) < 4.78 is 2.09. The van der Waals surface area contributed by atoms with Gasteiger partial charge in [0.25, 0.3) is 5.91 Å². The van der Waals surface area contributed by atoms with Gasteiger partial charge in [0.1, 0.15) is 0 Å². The predicted octanol–water partition coefficient (Wildman–Crippen LogP) is 3.06. The zero-order valence-electron chi connectivity index (χ0n) is 14.4. The van der Waals surface area contributed by atoms with Gasteiger partial charge in [-0.25, -0.2) is 0 Å². The first-order valence-electron chi connectivity index (χ1n) is 9.09. The van der Waals surface area contributed by atoms with Crippen molar-refractivity contribution in [2.75, 3.05) is 0 Å². The summed E-state index contributed by atoms with van der Waals surface area (Å²) in [5.41, 5.74) is 4.48. The Morgan fingerprint density at radius 1 is 1.24 bits per heavy atom. The van der Waals surface area contributed by atoms with Gasteiger partial charge in [-0.15, -0.1) is 0 Å². The van der Waals surface area contributed by atoms with Crippen LogP contribution in [0.2, 0.25) is 0 Å². The second kappa shape index (κ2) is 5.48. The van der Waals surface area contributed by atoms with Crippen LogP contribution in [-0.4, -0.2) is 37.7 Å². The third kappa shape index (κ3) is 2.46. The molecule has 0 saturated heterocycles. The molecule has 5 heteroatoms. The second-order valence-corrected chi connectivity index (χ2v) is 7.41. The number of aryl methyl sites for hydroxylation is 2. The second-order valence-electron chi connectivity index (χ2n) is 7.41. The number of carbonyl (C=O) groups is 1. The molecule has 2 aliphatic rings. The maximum absolute atomic E-state index is 13.3. The van der Waals surface area contributed by atoms with Gasteiger partial charge in [-0.1, -0.05) is 0 Å². The molecule has 1 amide bonds. The van der Waals surface area contributed by atoms with Crippen LogP contribution in [0.3, 0.4) is 0 Å². The fraction of sp³-hybridized carbons (Fsp3) is 0.400. The van der Waals surface area contributed by atoms with Crippen LogP contribution in [0.4, 0.5) is 0 Å². The third-order valence-corrected chi connectivity index (χ3v) is 5.69. The van der Waals surface area contributed by atoms with Crippen LogP contribution in [0.25, 0.3) is 10.9 Å². The summed E-state index contributed by atoms with van der Waals surface area (Å²) in [5.74, 6) is 0.185. The number of hydrogen-bond donors (Lipinski definition) is 1. The van der Waals surface area contributed by atoms with E-state index in [1.165, 1.54) is 11.3 Å². The normalized spacial score (nSPS) is 19.8. The molecule has 5 rings (SSSR count). The lowest BCUT2D eigenvalue weighted by atomic mass is 9.91. The number of benzene rings is 1. The zero-order chi connectivity index (χ0) is 17.0. The Morgan fingerprint density at radius 2 is 2.12 bits per heavy atom. The molecule has 2 heterocycles. The lowest BCUT2D eigenvalue weighted by Gasteiger charge is -2.34. The van der Waals surface area contributed by atoms with E-state index < -0.39 is 0 Å². The topological polar surface area (TPSA) is 53.9 Å². The van der Waals surface area contributed by atoms with E-state index in [-0.39, 0.29) is 11.9 Å². The summed E-state index contributed by atoms with van der Waals surface area (Å²) in [6, 6.07) is 8.86. The van der Waals surface area contributed by atoms with Crippen LogP contribution >= 0.6 is 0 Å². The molecule has 0 bridgehead atoms. The average Bonchev–Trinajstić information content (AvgIpc) is 3.22. The smallest absolute Gasteiger partial charge is 0.254 e. The molecule has 1 aromatic carbocycles. The van der Waals surface area contributed by atoms with Gasteiger partial charge < -0.3 is 9.47 Å². The minimum Gasteiger partial charge on any atom is -0.351 e. The number of fused-ring (bicyclic) bond motifs is 2. The Balaban J connectivity index is 1.46. The first-order chi connectivity index (χ1) is 12.2. The molecule has 0 radical (unpaired) electrons. The van der Waals surface area contributed by atoms with E-state index in [9.17, 15) is 4.79 Å². The van der Waals surface area contributed by atoms with Gasteiger partial charge in [-0.05, 0) is 61.9 Å². The maximum Gasteiger partial charge on any atom is 0.254 e. The van der Waals surface area contributed by atoms with Crippen LogP contribution < -0.4 is 0 Å². The highest BCUT2D eigenvalue weighted by molar-refractivity contribution is 5.98. The summed E-state index contributed by atoms with van der Waals surface area (Å²) in [6.45, 7) is 0. The van der Waals surface area contributed by atoms with Crippen LogP contribution in [0.15, 0.2) is 36.7 Å². The van der Waals surface area contributed by atoms with Crippen molar-refractivity contribution in [2.45, 2.75) is 44.2 Å². The maximum atomic E-state index is 13.3. The molecule has 1 saturated carbocycles. The van der Waals surface area contributed by atoms with Gasteiger partial charge in [0.15, 0.2) is 0 Å². The molecule has 1 atom stereocenters. The first-order valence-corrected chi connectivity index (χ1v) is 9.09. The van der Waals surface area contributed by atoms with Crippen molar-refractivity contribution in [3.05, 3.63) is 53.5 Å². The van der Waals surface area contributed by atoms with Crippen molar-refractivity contribution in [1.29, 1.82) is 0 Å². The number of aromatic amines is 1.